The van der Waals surface area contributed by atoms with E-state index < -0.39 is 18.8 Å². The van der Waals surface area contributed by atoms with Crippen LogP contribution in [0.15, 0.2) is 18.2 Å². The molecule has 0 spiro atoms. The Morgan fingerprint density at radius 1 is 1.39 bits per heavy atom. The van der Waals surface area contributed by atoms with E-state index in [-0.39, 0.29) is 11.3 Å². The Morgan fingerprint density at radius 3 is 2.44 bits per heavy atom. The van der Waals surface area contributed by atoms with Crippen molar-refractivity contribution in [3.63, 3.8) is 0 Å². The zero-order valence-corrected chi connectivity index (χ0v) is 9.78. The van der Waals surface area contributed by atoms with Crippen molar-refractivity contribution in [3.05, 3.63) is 23.8 Å². The lowest BCUT2D eigenvalue weighted by Gasteiger charge is -2.17. The third-order valence-corrected chi connectivity index (χ3v) is 2.08. The maximum absolute atomic E-state index is 12.0. The van der Waals surface area contributed by atoms with E-state index >= 15 is 0 Å². The van der Waals surface area contributed by atoms with Crippen molar-refractivity contribution >= 4 is 11.7 Å². The second-order valence-electron chi connectivity index (χ2n) is 3.78. The van der Waals surface area contributed by atoms with Gasteiger partial charge in [0, 0.05) is 14.1 Å². The summed E-state index contributed by atoms with van der Waals surface area (Å²) in [5.41, 5.74) is 0.279. The minimum absolute atomic E-state index is 0.111. The number of hydrogen-bond acceptors (Lipinski definition) is 3. The fourth-order valence-corrected chi connectivity index (χ4v) is 1.33. The molecule has 0 radical (unpaired) electrons. The molecule has 0 unspecified atom stereocenters. The molecular weight excluding hydrogens is 251 g/mol. The van der Waals surface area contributed by atoms with E-state index in [1.54, 1.807) is 19.0 Å². The van der Waals surface area contributed by atoms with Crippen LogP contribution in [0.1, 0.15) is 10.4 Å². The second-order valence-corrected chi connectivity index (χ2v) is 3.78. The summed E-state index contributed by atoms with van der Waals surface area (Å²) in [5, 5.41) is 8.96. The molecule has 0 aromatic heterocycles. The van der Waals surface area contributed by atoms with Gasteiger partial charge in [-0.3, -0.25) is 0 Å². The lowest BCUT2D eigenvalue weighted by Crippen LogP contribution is -2.19. The van der Waals surface area contributed by atoms with Gasteiger partial charge in [-0.2, -0.15) is 13.2 Å². The predicted octanol–water partition coefficient (Wildman–Crippen LogP) is 2.39. The molecule has 0 aliphatic carbocycles. The fraction of sp³-hybridized carbons (Fsp3) is 0.364. The van der Waals surface area contributed by atoms with E-state index in [1.165, 1.54) is 12.1 Å². The van der Waals surface area contributed by atoms with Gasteiger partial charge in [0.15, 0.2) is 6.61 Å². The number of carboxylic acid groups (broad SMARTS) is 1. The Morgan fingerprint density at radius 2 is 2.00 bits per heavy atom. The summed E-state index contributed by atoms with van der Waals surface area (Å²) in [6.07, 6.45) is -4.45. The van der Waals surface area contributed by atoms with Gasteiger partial charge in [0.1, 0.15) is 5.75 Å². The first kappa shape index (κ1) is 14.1. The predicted molar refractivity (Wildman–Crippen MR) is 59.3 cm³/mol. The summed E-state index contributed by atoms with van der Waals surface area (Å²) in [6.45, 7) is -1.45. The van der Waals surface area contributed by atoms with Crippen LogP contribution in [0.4, 0.5) is 18.9 Å². The molecule has 0 saturated heterocycles. The summed E-state index contributed by atoms with van der Waals surface area (Å²) in [4.78, 5) is 12.5. The quantitative estimate of drug-likeness (QED) is 0.906. The van der Waals surface area contributed by atoms with Crippen LogP contribution < -0.4 is 9.64 Å². The lowest BCUT2D eigenvalue weighted by atomic mass is 10.1. The number of anilines is 1. The third kappa shape index (κ3) is 3.83. The van der Waals surface area contributed by atoms with E-state index in [0.29, 0.717) is 5.69 Å². The second kappa shape index (κ2) is 5.16. The van der Waals surface area contributed by atoms with Crippen LogP contribution in [0.3, 0.4) is 0 Å². The Bertz CT molecular complexity index is 444. The Kier molecular flexibility index (Phi) is 4.05. The van der Waals surface area contributed by atoms with E-state index in [1.807, 2.05) is 0 Å². The summed E-state index contributed by atoms with van der Waals surface area (Å²) >= 11 is 0. The molecule has 1 rings (SSSR count). The molecule has 1 aromatic carbocycles. The van der Waals surface area contributed by atoms with Crippen molar-refractivity contribution in [1.29, 1.82) is 0 Å². The van der Waals surface area contributed by atoms with E-state index in [0.717, 1.165) is 6.07 Å². The molecule has 1 N–H and O–H groups in total. The van der Waals surface area contributed by atoms with Crippen LogP contribution in [-0.2, 0) is 0 Å². The number of alkyl halides is 3. The normalized spacial score (nSPS) is 11.2. The van der Waals surface area contributed by atoms with E-state index in [2.05, 4.69) is 4.74 Å². The maximum atomic E-state index is 12.0. The SMILES string of the molecule is CN(C)c1ccc(OCC(F)(F)F)cc1C(=O)O. The molecule has 0 heterocycles. The highest BCUT2D eigenvalue weighted by Crippen LogP contribution is 2.25. The molecule has 0 amide bonds. The van der Waals surface area contributed by atoms with Crippen LogP contribution in [-0.4, -0.2) is 38.0 Å². The Hall–Kier alpha value is -1.92. The van der Waals surface area contributed by atoms with Crippen molar-refractivity contribution in [2.75, 3.05) is 25.6 Å². The maximum Gasteiger partial charge on any atom is 0.422 e. The van der Waals surface area contributed by atoms with Crippen molar-refractivity contribution in [2.24, 2.45) is 0 Å². The number of rotatable bonds is 4. The van der Waals surface area contributed by atoms with Crippen molar-refractivity contribution in [3.8, 4) is 5.75 Å². The largest absolute Gasteiger partial charge is 0.484 e. The van der Waals surface area contributed by atoms with E-state index in [9.17, 15) is 18.0 Å². The van der Waals surface area contributed by atoms with Crippen LogP contribution >= 0.6 is 0 Å². The van der Waals surface area contributed by atoms with Crippen molar-refractivity contribution in [2.45, 2.75) is 6.18 Å². The summed E-state index contributed by atoms with van der Waals surface area (Å²) < 4.78 is 40.4. The van der Waals surface area contributed by atoms with Gasteiger partial charge < -0.3 is 14.7 Å². The van der Waals surface area contributed by atoms with Gasteiger partial charge in [0.25, 0.3) is 0 Å². The third-order valence-electron chi connectivity index (χ3n) is 2.08. The average molecular weight is 263 g/mol. The van der Waals surface area contributed by atoms with Crippen molar-refractivity contribution < 1.29 is 27.8 Å². The van der Waals surface area contributed by atoms with Gasteiger partial charge in [-0.15, -0.1) is 0 Å². The smallest absolute Gasteiger partial charge is 0.422 e. The van der Waals surface area contributed by atoms with Crippen LogP contribution in [0, 0.1) is 0 Å². The number of carboxylic acids is 1. The van der Waals surface area contributed by atoms with Gasteiger partial charge in [-0.1, -0.05) is 0 Å². The topological polar surface area (TPSA) is 49.8 Å². The van der Waals surface area contributed by atoms with Gasteiger partial charge in [-0.05, 0) is 18.2 Å². The minimum Gasteiger partial charge on any atom is -0.484 e. The molecule has 7 heteroatoms. The molecule has 0 bridgehead atoms. The lowest BCUT2D eigenvalue weighted by molar-refractivity contribution is -0.153. The molecule has 0 atom stereocenters. The molecule has 0 saturated carbocycles. The molecule has 0 fully saturated rings. The Labute approximate surface area is 102 Å². The Balaban J connectivity index is 2.97. The van der Waals surface area contributed by atoms with Gasteiger partial charge >= 0.3 is 12.1 Å². The molecule has 4 nitrogen and oxygen atoms in total. The summed E-state index contributed by atoms with van der Waals surface area (Å²) in [7, 11) is 3.27. The first-order valence-corrected chi connectivity index (χ1v) is 4.95. The first-order chi connectivity index (χ1) is 8.20. The molecular formula is C11H12F3NO3. The highest BCUT2D eigenvalue weighted by Gasteiger charge is 2.28. The standard InChI is InChI=1S/C11H12F3NO3/c1-15(2)9-4-3-7(5-8(9)10(16)17)18-6-11(12,13)14/h3-5H,6H2,1-2H3,(H,16,17). The van der Waals surface area contributed by atoms with Crippen LogP contribution in [0.5, 0.6) is 5.75 Å². The molecule has 18 heavy (non-hydrogen) atoms. The first-order valence-electron chi connectivity index (χ1n) is 4.95. The van der Waals surface area contributed by atoms with Crippen molar-refractivity contribution in [1.82, 2.24) is 0 Å². The molecule has 0 aliphatic heterocycles. The molecule has 100 valence electrons. The zero-order valence-electron chi connectivity index (χ0n) is 9.78. The number of hydrogen-bond donors (Lipinski definition) is 1. The fourth-order valence-electron chi connectivity index (χ4n) is 1.33. The number of carbonyl (C=O) groups is 1. The average Bonchev–Trinajstić information content (AvgIpc) is 2.24. The summed E-state index contributed by atoms with van der Waals surface area (Å²) in [5.74, 6) is -1.36. The van der Waals surface area contributed by atoms with Crippen LogP contribution in [0.2, 0.25) is 0 Å². The minimum atomic E-state index is -4.45. The zero-order chi connectivity index (χ0) is 13.9. The highest BCUT2D eigenvalue weighted by molar-refractivity contribution is 5.94. The van der Waals surface area contributed by atoms with Crippen LogP contribution in [0.25, 0.3) is 0 Å². The van der Waals surface area contributed by atoms with Gasteiger partial charge in [-0.25, -0.2) is 4.79 Å². The number of ether oxygens (including phenoxy) is 1. The molecule has 1 aromatic rings. The number of aromatic carboxylic acids is 1. The van der Waals surface area contributed by atoms with E-state index in [4.69, 9.17) is 5.11 Å². The van der Waals surface area contributed by atoms with Gasteiger partial charge in [0.05, 0.1) is 11.3 Å². The number of benzene rings is 1. The number of halogens is 3. The van der Waals surface area contributed by atoms with Gasteiger partial charge in [0.2, 0.25) is 0 Å². The number of nitrogens with zero attached hydrogens (tertiary/aromatic N) is 1. The highest BCUT2D eigenvalue weighted by atomic mass is 19.4. The molecule has 0 aliphatic rings. The monoisotopic (exact) mass is 263 g/mol. The summed E-state index contributed by atoms with van der Waals surface area (Å²) in [6, 6.07) is 3.77.